The van der Waals surface area contributed by atoms with Crippen LogP contribution in [0.5, 0.6) is 5.75 Å². The van der Waals surface area contributed by atoms with E-state index in [2.05, 4.69) is 5.32 Å². The Labute approximate surface area is 147 Å². The van der Waals surface area contributed by atoms with Crippen molar-refractivity contribution in [2.45, 2.75) is 50.5 Å². The first-order chi connectivity index (χ1) is 11.6. The molecular formula is C18H23ClN2O3. The zero-order chi connectivity index (χ0) is 17.0. The van der Waals surface area contributed by atoms with E-state index in [4.69, 9.17) is 16.3 Å². The Morgan fingerprint density at radius 3 is 2.54 bits per heavy atom. The first kappa shape index (κ1) is 17.1. The van der Waals surface area contributed by atoms with Crippen molar-refractivity contribution in [1.82, 2.24) is 10.2 Å². The molecule has 0 bridgehead atoms. The molecule has 6 heteroatoms. The number of ether oxygens (including phenoxy) is 1. The molecule has 1 N–H and O–H groups in total. The Balaban J connectivity index is 1.59. The van der Waals surface area contributed by atoms with E-state index in [1.54, 1.807) is 24.3 Å². The van der Waals surface area contributed by atoms with Gasteiger partial charge in [-0.2, -0.15) is 0 Å². The lowest BCUT2D eigenvalue weighted by Crippen LogP contribution is -2.47. The highest BCUT2D eigenvalue weighted by atomic mass is 35.5. The van der Waals surface area contributed by atoms with Crippen LogP contribution in [-0.4, -0.2) is 35.5 Å². The standard InChI is InChI=1S/C18H23ClN2O3/c19-14-7-6-8-15(13-14)24-12-11-21-16(22)18(20-17(21)23)9-4-2-1-3-5-10-18/h6-8,13H,1-5,9-12H2,(H,20,23). The largest absolute Gasteiger partial charge is 0.492 e. The molecule has 1 aromatic rings. The molecule has 0 aromatic heterocycles. The summed E-state index contributed by atoms with van der Waals surface area (Å²) >= 11 is 5.91. The van der Waals surface area contributed by atoms with Crippen molar-refractivity contribution in [2.75, 3.05) is 13.2 Å². The lowest BCUT2D eigenvalue weighted by molar-refractivity contribution is -0.132. The fourth-order valence-electron chi connectivity index (χ4n) is 3.54. The number of amides is 3. The Kier molecular flexibility index (Phi) is 5.29. The van der Waals surface area contributed by atoms with E-state index in [-0.39, 0.29) is 25.1 Å². The SMILES string of the molecule is O=C1NC2(CCCCCCC2)C(=O)N1CCOc1cccc(Cl)c1. The minimum atomic E-state index is -0.687. The van der Waals surface area contributed by atoms with Crippen LogP contribution in [0, 0.1) is 0 Å². The van der Waals surface area contributed by atoms with Crippen molar-refractivity contribution in [3.63, 3.8) is 0 Å². The number of urea groups is 1. The van der Waals surface area contributed by atoms with Crippen LogP contribution in [0.15, 0.2) is 24.3 Å². The molecule has 1 aliphatic carbocycles. The average Bonchev–Trinajstić information content (AvgIpc) is 2.76. The van der Waals surface area contributed by atoms with Gasteiger partial charge >= 0.3 is 6.03 Å². The molecular weight excluding hydrogens is 328 g/mol. The molecule has 3 rings (SSSR count). The molecule has 5 nitrogen and oxygen atoms in total. The third kappa shape index (κ3) is 3.66. The number of hydrogen-bond acceptors (Lipinski definition) is 3. The highest BCUT2D eigenvalue weighted by Crippen LogP contribution is 2.32. The van der Waals surface area contributed by atoms with Gasteiger partial charge in [-0.15, -0.1) is 0 Å². The molecule has 1 saturated carbocycles. The van der Waals surface area contributed by atoms with Crippen LogP contribution in [0.4, 0.5) is 4.79 Å². The van der Waals surface area contributed by atoms with Gasteiger partial charge in [0.1, 0.15) is 17.9 Å². The predicted octanol–water partition coefficient (Wildman–Crippen LogP) is 3.75. The second kappa shape index (κ2) is 7.43. The number of nitrogens with zero attached hydrogens (tertiary/aromatic N) is 1. The zero-order valence-electron chi connectivity index (χ0n) is 13.7. The third-order valence-electron chi connectivity index (χ3n) is 4.83. The van der Waals surface area contributed by atoms with Crippen LogP contribution in [-0.2, 0) is 4.79 Å². The highest BCUT2D eigenvalue weighted by Gasteiger charge is 2.50. The summed E-state index contributed by atoms with van der Waals surface area (Å²) in [5.74, 6) is 0.541. The molecule has 3 amide bonds. The first-order valence-electron chi connectivity index (χ1n) is 8.63. The van der Waals surface area contributed by atoms with E-state index in [1.165, 1.54) is 11.3 Å². The van der Waals surface area contributed by atoms with Crippen LogP contribution in [0.25, 0.3) is 0 Å². The van der Waals surface area contributed by atoms with E-state index in [0.29, 0.717) is 10.8 Å². The van der Waals surface area contributed by atoms with E-state index in [1.807, 2.05) is 0 Å². The summed E-state index contributed by atoms with van der Waals surface area (Å²) in [6, 6.07) is 6.78. The maximum Gasteiger partial charge on any atom is 0.325 e. The molecule has 0 unspecified atom stereocenters. The Bertz CT molecular complexity index is 612. The average molecular weight is 351 g/mol. The smallest absolute Gasteiger partial charge is 0.325 e. The normalized spacial score (nSPS) is 20.6. The number of hydrogen-bond donors (Lipinski definition) is 1. The molecule has 24 heavy (non-hydrogen) atoms. The van der Waals surface area contributed by atoms with Crippen LogP contribution in [0.1, 0.15) is 44.9 Å². The number of carbonyl (C=O) groups is 2. The second-order valence-electron chi connectivity index (χ2n) is 6.54. The van der Waals surface area contributed by atoms with E-state index in [9.17, 15) is 9.59 Å². The van der Waals surface area contributed by atoms with Crippen molar-refractivity contribution < 1.29 is 14.3 Å². The van der Waals surface area contributed by atoms with Gasteiger partial charge in [0.05, 0.1) is 6.54 Å². The number of carbonyl (C=O) groups excluding carboxylic acids is 2. The second-order valence-corrected chi connectivity index (χ2v) is 6.98. The lowest BCUT2D eigenvalue weighted by atomic mass is 9.84. The molecule has 1 saturated heterocycles. The van der Waals surface area contributed by atoms with E-state index in [0.717, 1.165) is 38.5 Å². The number of nitrogens with one attached hydrogen (secondary N) is 1. The fourth-order valence-corrected chi connectivity index (χ4v) is 3.72. The lowest BCUT2D eigenvalue weighted by Gasteiger charge is -2.28. The van der Waals surface area contributed by atoms with Crippen molar-refractivity contribution in [3.8, 4) is 5.75 Å². The molecule has 1 aromatic carbocycles. The predicted molar refractivity (Wildman–Crippen MR) is 92.2 cm³/mol. The van der Waals surface area contributed by atoms with Gasteiger partial charge < -0.3 is 10.1 Å². The highest BCUT2D eigenvalue weighted by molar-refractivity contribution is 6.30. The minimum absolute atomic E-state index is 0.0934. The zero-order valence-corrected chi connectivity index (χ0v) is 14.5. The summed E-state index contributed by atoms with van der Waals surface area (Å²) in [5.41, 5.74) is -0.687. The van der Waals surface area contributed by atoms with Gasteiger partial charge in [0, 0.05) is 5.02 Å². The van der Waals surface area contributed by atoms with Crippen molar-refractivity contribution in [2.24, 2.45) is 0 Å². The topological polar surface area (TPSA) is 58.6 Å². The van der Waals surface area contributed by atoms with Crippen LogP contribution < -0.4 is 10.1 Å². The van der Waals surface area contributed by atoms with Gasteiger partial charge in [0.15, 0.2) is 0 Å². The van der Waals surface area contributed by atoms with Gasteiger partial charge in [0.2, 0.25) is 0 Å². The molecule has 0 radical (unpaired) electrons. The number of halogens is 1. The summed E-state index contributed by atoms with van der Waals surface area (Å²) < 4.78 is 5.61. The van der Waals surface area contributed by atoms with Gasteiger partial charge in [-0.1, -0.05) is 49.8 Å². The summed E-state index contributed by atoms with van der Waals surface area (Å²) in [7, 11) is 0. The summed E-state index contributed by atoms with van der Waals surface area (Å²) in [5, 5.41) is 3.55. The number of imide groups is 1. The Hall–Kier alpha value is -1.75. The van der Waals surface area contributed by atoms with Gasteiger partial charge in [-0.05, 0) is 31.0 Å². The van der Waals surface area contributed by atoms with Gasteiger partial charge in [-0.25, -0.2) is 4.79 Å². The van der Waals surface area contributed by atoms with Crippen molar-refractivity contribution >= 4 is 23.5 Å². The van der Waals surface area contributed by atoms with Gasteiger partial charge in [-0.3, -0.25) is 9.69 Å². The fraction of sp³-hybridized carbons (Fsp3) is 0.556. The summed E-state index contributed by atoms with van der Waals surface area (Å²) in [6.45, 7) is 0.508. The summed E-state index contributed by atoms with van der Waals surface area (Å²) in [4.78, 5) is 26.4. The van der Waals surface area contributed by atoms with Crippen LogP contribution >= 0.6 is 11.6 Å². The van der Waals surface area contributed by atoms with E-state index >= 15 is 0 Å². The Morgan fingerprint density at radius 2 is 1.83 bits per heavy atom. The van der Waals surface area contributed by atoms with Crippen molar-refractivity contribution in [3.05, 3.63) is 29.3 Å². The molecule has 1 spiro atoms. The number of rotatable bonds is 4. The molecule has 130 valence electrons. The maximum atomic E-state index is 12.8. The Morgan fingerprint density at radius 1 is 1.12 bits per heavy atom. The molecule has 2 aliphatic rings. The first-order valence-corrected chi connectivity index (χ1v) is 9.01. The molecule has 2 fully saturated rings. The van der Waals surface area contributed by atoms with E-state index < -0.39 is 5.54 Å². The third-order valence-corrected chi connectivity index (χ3v) is 5.07. The maximum absolute atomic E-state index is 12.8. The van der Waals surface area contributed by atoms with Crippen LogP contribution in [0.2, 0.25) is 5.02 Å². The monoisotopic (exact) mass is 350 g/mol. The van der Waals surface area contributed by atoms with Crippen molar-refractivity contribution in [1.29, 1.82) is 0 Å². The van der Waals surface area contributed by atoms with Crippen LogP contribution in [0.3, 0.4) is 0 Å². The minimum Gasteiger partial charge on any atom is -0.492 e. The molecule has 1 aliphatic heterocycles. The molecule has 0 atom stereocenters. The summed E-state index contributed by atoms with van der Waals surface area (Å²) in [6.07, 6.45) is 6.92. The van der Waals surface area contributed by atoms with Gasteiger partial charge in [0.25, 0.3) is 5.91 Å². The molecule has 1 heterocycles. The quantitative estimate of drug-likeness (QED) is 0.841. The number of benzene rings is 1.